The minimum absolute atomic E-state index is 0.445. The van der Waals surface area contributed by atoms with Gasteiger partial charge in [0.1, 0.15) is 0 Å². The third kappa shape index (κ3) is 7.39. The predicted octanol–water partition coefficient (Wildman–Crippen LogP) is 5.64. The fraction of sp³-hybridized carbons (Fsp3) is 0.706. The summed E-state index contributed by atoms with van der Waals surface area (Å²) in [5.41, 5.74) is 1.30. The SMILES string of the molecule is CCCCCCCCCC(NCC)c1cncc(Br)c1. The molecule has 0 aliphatic rings. The van der Waals surface area contributed by atoms with Crippen LogP contribution in [0, 0.1) is 0 Å². The molecule has 1 aromatic rings. The van der Waals surface area contributed by atoms with Crippen LogP contribution in [0.5, 0.6) is 0 Å². The molecule has 0 aromatic carbocycles. The van der Waals surface area contributed by atoms with E-state index >= 15 is 0 Å². The molecular weight excluding hydrogens is 312 g/mol. The van der Waals surface area contributed by atoms with Crippen LogP contribution in [-0.2, 0) is 0 Å². The second-order valence-electron chi connectivity index (χ2n) is 5.46. The van der Waals surface area contributed by atoms with Crippen molar-refractivity contribution in [2.24, 2.45) is 0 Å². The number of nitrogens with one attached hydrogen (secondary N) is 1. The number of pyridine rings is 1. The summed E-state index contributed by atoms with van der Waals surface area (Å²) in [6, 6.07) is 2.63. The molecule has 2 nitrogen and oxygen atoms in total. The first-order valence-corrected chi connectivity index (χ1v) is 8.91. The van der Waals surface area contributed by atoms with E-state index in [1.165, 1.54) is 56.9 Å². The van der Waals surface area contributed by atoms with Gasteiger partial charge in [-0.3, -0.25) is 4.98 Å². The molecule has 1 rings (SSSR count). The Morgan fingerprint density at radius 2 is 1.75 bits per heavy atom. The zero-order valence-corrected chi connectivity index (χ0v) is 14.6. The standard InChI is InChI=1S/C17H29BrN2/c1-3-5-6-7-8-9-10-11-17(20-4-2)15-12-16(18)14-19-13-15/h12-14,17,20H,3-11H2,1-2H3. The van der Waals surface area contributed by atoms with Gasteiger partial charge in [0.15, 0.2) is 0 Å². The lowest BCUT2D eigenvalue weighted by Crippen LogP contribution is -2.21. The maximum atomic E-state index is 4.28. The fourth-order valence-corrected chi connectivity index (χ4v) is 2.94. The van der Waals surface area contributed by atoms with Crippen LogP contribution in [0.25, 0.3) is 0 Å². The second-order valence-corrected chi connectivity index (χ2v) is 6.37. The van der Waals surface area contributed by atoms with Crippen LogP contribution in [0.1, 0.15) is 76.8 Å². The molecule has 0 radical (unpaired) electrons. The van der Waals surface area contributed by atoms with Crippen LogP contribution in [0.2, 0.25) is 0 Å². The number of hydrogen-bond acceptors (Lipinski definition) is 2. The summed E-state index contributed by atoms with van der Waals surface area (Å²) >= 11 is 3.51. The van der Waals surface area contributed by atoms with E-state index in [0.717, 1.165) is 11.0 Å². The Labute approximate surface area is 132 Å². The summed E-state index contributed by atoms with van der Waals surface area (Å²) < 4.78 is 1.07. The summed E-state index contributed by atoms with van der Waals surface area (Å²) in [5, 5.41) is 3.58. The second kappa shape index (κ2) is 11.3. The van der Waals surface area contributed by atoms with E-state index in [1.54, 1.807) is 0 Å². The highest BCUT2D eigenvalue weighted by atomic mass is 79.9. The first-order chi connectivity index (χ1) is 9.77. The van der Waals surface area contributed by atoms with Gasteiger partial charge in [-0.05, 0) is 40.5 Å². The molecule has 1 aromatic heterocycles. The molecular formula is C17H29BrN2. The van der Waals surface area contributed by atoms with Gasteiger partial charge in [-0.25, -0.2) is 0 Å². The van der Waals surface area contributed by atoms with Gasteiger partial charge in [-0.2, -0.15) is 0 Å². The van der Waals surface area contributed by atoms with Crippen molar-refractivity contribution in [3.8, 4) is 0 Å². The van der Waals surface area contributed by atoms with Crippen LogP contribution in [0.3, 0.4) is 0 Å². The molecule has 0 amide bonds. The molecule has 0 spiro atoms. The molecule has 1 unspecified atom stereocenters. The van der Waals surface area contributed by atoms with E-state index in [2.05, 4.69) is 46.1 Å². The highest BCUT2D eigenvalue weighted by Crippen LogP contribution is 2.22. The number of unbranched alkanes of at least 4 members (excludes halogenated alkanes) is 6. The van der Waals surface area contributed by atoms with E-state index in [-0.39, 0.29) is 0 Å². The van der Waals surface area contributed by atoms with Gasteiger partial charge in [0, 0.05) is 22.9 Å². The minimum Gasteiger partial charge on any atom is -0.310 e. The molecule has 0 bridgehead atoms. The van der Waals surface area contributed by atoms with E-state index in [9.17, 15) is 0 Å². The van der Waals surface area contributed by atoms with Crippen molar-refractivity contribution in [3.05, 3.63) is 28.5 Å². The molecule has 114 valence electrons. The monoisotopic (exact) mass is 340 g/mol. The average molecular weight is 341 g/mol. The molecule has 0 saturated heterocycles. The van der Waals surface area contributed by atoms with Crippen LogP contribution in [0.15, 0.2) is 22.9 Å². The summed E-state index contributed by atoms with van der Waals surface area (Å²) in [6.45, 7) is 5.45. The van der Waals surface area contributed by atoms with Gasteiger partial charge in [-0.15, -0.1) is 0 Å². The van der Waals surface area contributed by atoms with Gasteiger partial charge >= 0.3 is 0 Å². The third-order valence-corrected chi connectivity index (χ3v) is 4.11. The minimum atomic E-state index is 0.445. The summed E-state index contributed by atoms with van der Waals surface area (Å²) in [7, 11) is 0. The normalized spacial score (nSPS) is 12.6. The number of hydrogen-bond donors (Lipinski definition) is 1. The van der Waals surface area contributed by atoms with Crippen molar-refractivity contribution in [2.75, 3.05) is 6.54 Å². The maximum Gasteiger partial charge on any atom is 0.0410 e. The average Bonchev–Trinajstić information content (AvgIpc) is 2.45. The number of halogens is 1. The fourth-order valence-electron chi connectivity index (χ4n) is 2.56. The smallest absolute Gasteiger partial charge is 0.0410 e. The quantitative estimate of drug-likeness (QED) is 0.527. The summed E-state index contributed by atoms with van der Waals surface area (Å²) in [4.78, 5) is 4.28. The third-order valence-electron chi connectivity index (χ3n) is 3.68. The van der Waals surface area contributed by atoms with E-state index < -0.39 is 0 Å². The molecule has 0 aliphatic heterocycles. The number of aromatic nitrogens is 1. The van der Waals surface area contributed by atoms with Gasteiger partial charge in [0.05, 0.1) is 0 Å². The van der Waals surface area contributed by atoms with Crippen molar-refractivity contribution in [2.45, 2.75) is 71.3 Å². The van der Waals surface area contributed by atoms with Gasteiger partial charge < -0.3 is 5.32 Å². The molecule has 1 heterocycles. The molecule has 1 N–H and O–H groups in total. The molecule has 1 atom stereocenters. The molecule has 0 saturated carbocycles. The molecule has 0 fully saturated rings. The Balaban J connectivity index is 2.29. The first-order valence-electron chi connectivity index (χ1n) is 8.11. The Bertz CT molecular complexity index is 355. The lowest BCUT2D eigenvalue weighted by Gasteiger charge is -2.18. The van der Waals surface area contributed by atoms with Crippen molar-refractivity contribution >= 4 is 15.9 Å². The zero-order chi connectivity index (χ0) is 14.6. The molecule has 3 heteroatoms. The first kappa shape index (κ1) is 17.6. The van der Waals surface area contributed by atoms with Crippen molar-refractivity contribution in [3.63, 3.8) is 0 Å². The van der Waals surface area contributed by atoms with Crippen LogP contribution >= 0.6 is 15.9 Å². The topological polar surface area (TPSA) is 24.9 Å². The van der Waals surface area contributed by atoms with E-state index in [0.29, 0.717) is 6.04 Å². The Morgan fingerprint density at radius 1 is 1.05 bits per heavy atom. The van der Waals surface area contributed by atoms with Crippen molar-refractivity contribution in [1.29, 1.82) is 0 Å². The van der Waals surface area contributed by atoms with Gasteiger partial charge in [0.2, 0.25) is 0 Å². The van der Waals surface area contributed by atoms with E-state index in [4.69, 9.17) is 0 Å². The highest BCUT2D eigenvalue weighted by Gasteiger charge is 2.10. The maximum absolute atomic E-state index is 4.28. The van der Waals surface area contributed by atoms with E-state index in [1.807, 2.05) is 12.4 Å². The lowest BCUT2D eigenvalue weighted by molar-refractivity contribution is 0.474. The summed E-state index contributed by atoms with van der Waals surface area (Å²) in [6.07, 6.45) is 14.6. The molecule has 20 heavy (non-hydrogen) atoms. The Hall–Kier alpha value is -0.410. The predicted molar refractivity (Wildman–Crippen MR) is 91.0 cm³/mol. The summed E-state index contributed by atoms with van der Waals surface area (Å²) in [5.74, 6) is 0. The molecule has 0 aliphatic carbocycles. The number of nitrogens with zero attached hydrogens (tertiary/aromatic N) is 1. The van der Waals surface area contributed by atoms with Crippen molar-refractivity contribution < 1.29 is 0 Å². The lowest BCUT2D eigenvalue weighted by atomic mass is 10.0. The Kier molecular flexibility index (Phi) is 9.94. The largest absolute Gasteiger partial charge is 0.310 e. The Morgan fingerprint density at radius 3 is 2.40 bits per heavy atom. The number of rotatable bonds is 11. The van der Waals surface area contributed by atoms with Crippen molar-refractivity contribution in [1.82, 2.24) is 10.3 Å². The highest BCUT2D eigenvalue weighted by molar-refractivity contribution is 9.10. The van der Waals surface area contributed by atoms with Crippen LogP contribution < -0.4 is 5.32 Å². The van der Waals surface area contributed by atoms with Gasteiger partial charge in [-0.1, -0.05) is 58.8 Å². The zero-order valence-electron chi connectivity index (χ0n) is 13.0. The van der Waals surface area contributed by atoms with Gasteiger partial charge in [0.25, 0.3) is 0 Å². The van der Waals surface area contributed by atoms with Crippen LogP contribution in [0.4, 0.5) is 0 Å². The van der Waals surface area contributed by atoms with Crippen LogP contribution in [-0.4, -0.2) is 11.5 Å².